The zero-order valence-electron chi connectivity index (χ0n) is 18.6. The van der Waals surface area contributed by atoms with Gasteiger partial charge in [-0.3, -0.25) is 14.6 Å². The quantitative estimate of drug-likeness (QED) is 0.510. The Hall–Kier alpha value is -4.01. The Balaban J connectivity index is 1.30. The Morgan fingerprint density at radius 2 is 1.82 bits per heavy atom. The molecule has 1 aromatic carbocycles. The van der Waals surface area contributed by atoms with Gasteiger partial charge in [-0.05, 0) is 49.4 Å². The molecule has 0 atom stereocenters. The monoisotopic (exact) mass is 447 g/mol. The van der Waals surface area contributed by atoms with Gasteiger partial charge in [0.2, 0.25) is 0 Å². The van der Waals surface area contributed by atoms with Crippen LogP contribution >= 0.6 is 0 Å². The number of pyridine rings is 1. The molecule has 1 saturated heterocycles. The van der Waals surface area contributed by atoms with E-state index in [1.54, 1.807) is 35.5 Å². The predicted octanol–water partition coefficient (Wildman–Crippen LogP) is 2.48. The van der Waals surface area contributed by atoms with Gasteiger partial charge in [-0.1, -0.05) is 0 Å². The minimum Gasteiger partial charge on any atom is -0.493 e. The largest absolute Gasteiger partial charge is 0.493 e. The molecule has 170 valence electrons. The standard InChI is InChI=1S/C24H25N5O4/c1-17(30)18-5-7-21(22(14-18)32-2)33-16-24(31)29-12-10-28(11-13-29)23-8-6-20(26-27-23)19-4-3-9-25-15-19/h3-9,14-15H,10-13,16H2,1-2H3. The molecule has 1 aliphatic rings. The summed E-state index contributed by atoms with van der Waals surface area (Å²) in [6.45, 7) is 3.82. The van der Waals surface area contributed by atoms with Crippen LogP contribution in [-0.2, 0) is 4.79 Å². The van der Waals surface area contributed by atoms with Gasteiger partial charge in [0.15, 0.2) is 29.7 Å². The summed E-state index contributed by atoms with van der Waals surface area (Å²) in [6.07, 6.45) is 3.47. The SMILES string of the molecule is COc1cc(C(C)=O)ccc1OCC(=O)N1CCN(c2ccc(-c3cccnc3)nn2)CC1. The molecule has 1 aliphatic heterocycles. The Kier molecular flexibility index (Phi) is 6.77. The lowest BCUT2D eigenvalue weighted by Crippen LogP contribution is -2.50. The first kappa shape index (κ1) is 22.2. The van der Waals surface area contributed by atoms with E-state index in [0.717, 1.165) is 17.1 Å². The number of piperazine rings is 1. The van der Waals surface area contributed by atoms with Crippen LogP contribution in [0.15, 0.2) is 54.9 Å². The molecule has 33 heavy (non-hydrogen) atoms. The molecular formula is C24H25N5O4. The number of nitrogens with zero attached hydrogens (tertiary/aromatic N) is 5. The van der Waals surface area contributed by atoms with Gasteiger partial charge in [0, 0.05) is 49.7 Å². The Bertz CT molecular complexity index is 1110. The van der Waals surface area contributed by atoms with Gasteiger partial charge in [0.1, 0.15) is 0 Å². The number of ether oxygens (including phenoxy) is 2. The van der Waals surface area contributed by atoms with E-state index in [4.69, 9.17) is 9.47 Å². The molecule has 2 aromatic heterocycles. The van der Waals surface area contributed by atoms with Gasteiger partial charge in [-0.2, -0.15) is 0 Å². The van der Waals surface area contributed by atoms with Crippen molar-refractivity contribution in [1.82, 2.24) is 20.1 Å². The molecule has 9 nitrogen and oxygen atoms in total. The van der Waals surface area contributed by atoms with Crippen molar-refractivity contribution in [1.29, 1.82) is 0 Å². The molecule has 0 spiro atoms. The number of amides is 1. The van der Waals surface area contributed by atoms with Crippen LogP contribution < -0.4 is 14.4 Å². The summed E-state index contributed by atoms with van der Waals surface area (Å²) in [5, 5.41) is 8.65. The fourth-order valence-corrected chi connectivity index (χ4v) is 3.58. The van der Waals surface area contributed by atoms with Gasteiger partial charge < -0.3 is 19.3 Å². The number of Topliss-reactive ketones (excluding diaryl/α,β-unsaturated/α-hetero) is 1. The summed E-state index contributed by atoms with van der Waals surface area (Å²) >= 11 is 0. The Labute approximate surface area is 192 Å². The van der Waals surface area contributed by atoms with Gasteiger partial charge in [-0.25, -0.2) is 0 Å². The highest BCUT2D eigenvalue weighted by molar-refractivity contribution is 5.94. The smallest absolute Gasteiger partial charge is 0.260 e. The third-order valence-electron chi connectivity index (χ3n) is 5.49. The number of hydrogen-bond acceptors (Lipinski definition) is 8. The minimum absolute atomic E-state index is 0.0646. The van der Waals surface area contributed by atoms with Crippen molar-refractivity contribution in [3.8, 4) is 22.8 Å². The van der Waals surface area contributed by atoms with Crippen LogP contribution in [0.25, 0.3) is 11.3 Å². The van der Waals surface area contributed by atoms with Crippen molar-refractivity contribution in [2.24, 2.45) is 0 Å². The molecule has 0 radical (unpaired) electrons. The lowest BCUT2D eigenvalue weighted by Gasteiger charge is -2.35. The summed E-state index contributed by atoms with van der Waals surface area (Å²) in [4.78, 5) is 32.2. The molecule has 1 fully saturated rings. The third-order valence-corrected chi connectivity index (χ3v) is 5.49. The summed E-state index contributed by atoms with van der Waals surface area (Å²) < 4.78 is 11.0. The maximum absolute atomic E-state index is 12.6. The molecule has 0 bridgehead atoms. The van der Waals surface area contributed by atoms with Gasteiger partial charge in [0.05, 0.1) is 12.8 Å². The molecule has 4 rings (SSSR count). The highest BCUT2D eigenvalue weighted by Gasteiger charge is 2.23. The first-order chi connectivity index (χ1) is 16.0. The van der Waals surface area contributed by atoms with Crippen molar-refractivity contribution in [3.05, 3.63) is 60.4 Å². The molecular weight excluding hydrogens is 422 g/mol. The second-order valence-electron chi connectivity index (χ2n) is 7.60. The number of ketones is 1. The van der Waals surface area contributed by atoms with Crippen molar-refractivity contribution in [3.63, 3.8) is 0 Å². The predicted molar refractivity (Wildman–Crippen MR) is 123 cm³/mol. The molecule has 0 unspecified atom stereocenters. The second-order valence-corrected chi connectivity index (χ2v) is 7.60. The molecule has 0 saturated carbocycles. The number of carbonyl (C=O) groups excluding carboxylic acids is 2. The number of aromatic nitrogens is 3. The zero-order valence-corrected chi connectivity index (χ0v) is 18.6. The lowest BCUT2D eigenvalue weighted by molar-refractivity contribution is -0.133. The van der Waals surface area contributed by atoms with Crippen molar-refractivity contribution in [2.75, 3.05) is 44.8 Å². The maximum Gasteiger partial charge on any atom is 0.260 e. The first-order valence-corrected chi connectivity index (χ1v) is 10.6. The zero-order chi connectivity index (χ0) is 23.2. The van der Waals surface area contributed by atoms with Gasteiger partial charge >= 0.3 is 0 Å². The minimum atomic E-state index is -0.106. The van der Waals surface area contributed by atoms with E-state index in [2.05, 4.69) is 20.1 Å². The Morgan fingerprint density at radius 1 is 1.00 bits per heavy atom. The molecule has 3 heterocycles. The van der Waals surface area contributed by atoms with E-state index in [-0.39, 0.29) is 18.3 Å². The maximum atomic E-state index is 12.6. The fraction of sp³-hybridized carbons (Fsp3) is 0.292. The van der Waals surface area contributed by atoms with Crippen LogP contribution in [0.5, 0.6) is 11.5 Å². The van der Waals surface area contributed by atoms with Crippen LogP contribution in [-0.4, -0.2) is 71.7 Å². The van der Waals surface area contributed by atoms with E-state index < -0.39 is 0 Å². The van der Waals surface area contributed by atoms with E-state index in [1.165, 1.54) is 14.0 Å². The molecule has 3 aromatic rings. The topological polar surface area (TPSA) is 97.8 Å². The highest BCUT2D eigenvalue weighted by Crippen LogP contribution is 2.28. The van der Waals surface area contributed by atoms with Gasteiger partial charge in [-0.15, -0.1) is 10.2 Å². The first-order valence-electron chi connectivity index (χ1n) is 10.6. The second kappa shape index (κ2) is 10.1. The molecule has 0 N–H and O–H groups in total. The number of methoxy groups -OCH3 is 1. The van der Waals surface area contributed by atoms with Crippen molar-refractivity contribution >= 4 is 17.5 Å². The summed E-state index contributed by atoms with van der Waals surface area (Å²) in [7, 11) is 1.50. The highest BCUT2D eigenvalue weighted by atomic mass is 16.5. The van der Waals surface area contributed by atoms with Crippen LogP contribution in [0, 0.1) is 0 Å². The summed E-state index contributed by atoms with van der Waals surface area (Å²) in [6, 6.07) is 12.6. The Morgan fingerprint density at radius 3 is 2.45 bits per heavy atom. The van der Waals surface area contributed by atoms with Crippen LogP contribution in [0.3, 0.4) is 0 Å². The van der Waals surface area contributed by atoms with E-state index in [9.17, 15) is 9.59 Å². The van der Waals surface area contributed by atoms with Crippen molar-refractivity contribution in [2.45, 2.75) is 6.92 Å². The van der Waals surface area contributed by atoms with E-state index in [0.29, 0.717) is 43.2 Å². The number of rotatable bonds is 7. The van der Waals surface area contributed by atoms with Crippen molar-refractivity contribution < 1.29 is 19.1 Å². The van der Waals surface area contributed by atoms with E-state index in [1.807, 2.05) is 24.3 Å². The lowest BCUT2D eigenvalue weighted by atomic mass is 10.1. The fourth-order valence-electron chi connectivity index (χ4n) is 3.58. The normalized spacial score (nSPS) is 13.5. The van der Waals surface area contributed by atoms with Crippen LogP contribution in [0.1, 0.15) is 17.3 Å². The molecule has 1 amide bonds. The molecule has 0 aliphatic carbocycles. The summed E-state index contributed by atoms with van der Waals surface area (Å²) in [5.41, 5.74) is 2.21. The molecule has 9 heteroatoms. The third kappa shape index (κ3) is 5.25. The summed E-state index contributed by atoms with van der Waals surface area (Å²) in [5.74, 6) is 1.46. The average Bonchev–Trinajstić information content (AvgIpc) is 2.87. The van der Waals surface area contributed by atoms with E-state index >= 15 is 0 Å². The number of hydrogen-bond donors (Lipinski definition) is 0. The number of benzene rings is 1. The number of carbonyl (C=O) groups is 2. The van der Waals surface area contributed by atoms with Crippen LogP contribution in [0.4, 0.5) is 5.82 Å². The average molecular weight is 447 g/mol. The number of anilines is 1. The van der Waals surface area contributed by atoms with Gasteiger partial charge in [0.25, 0.3) is 5.91 Å². The van der Waals surface area contributed by atoms with Crippen LogP contribution in [0.2, 0.25) is 0 Å².